The lowest BCUT2D eigenvalue weighted by Crippen LogP contribution is -2.16. The molecule has 2 aromatic carbocycles. The maximum absolute atomic E-state index is 11.8. The predicted octanol–water partition coefficient (Wildman–Crippen LogP) is 4.22. The lowest BCUT2D eigenvalue weighted by Gasteiger charge is -2.08. The fourth-order valence-corrected chi connectivity index (χ4v) is 1.92. The van der Waals surface area contributed by atoms with Crippen LogP contribution in [0.15, 0.2) is 48.5 Å². The first kappa shape index (κ1) is 16.3. The number of hydrogen-bond acceptors (Lipinski definition) is 4. The molecule has 0 aromatic heterocycles. The molecule has 0 saturated heterocycles. The van der Waals surface area contributed by atoms with Gasteiger partial charge in [-0.2, -0.15) is 0 Å². The summed E-state index contributed by atoms with van der Waals surface area (Å²) in [5.41, 5.74) is 0.548. The highest BCUT2D eigenvalue weighted by atomic mass is 127. The van der Waals surface area contributed by atoms with Crippen LogP contribution in [-0.4, -0.2) is 12.1 Å². The second kappa shape index (κ2) is 7.79. The van der Waals surface area contributed by atoms with Gasteiger partial charge in [0.05, 0.1) is 0 Å². The number of benzene rings is 2. The smallest absolute Gasteiger partial charge is 0.417 e. The summed E-state index contributed by atoms with van der Waals surface area (Å²) in [6, 6.07) is 13.6. The Kier molecular flexibility index (Phi) is 5.76. The topological polar surface area (TPSA) is 64.6 Å². The molecule has 0 aliphatic rings. The molecule has 0 atom stereocenters. The van der Waals surface area contributed by atoms with Crippen molar-refractivity contribution in [1.29, 1.82) is 0 Å². The Morgan fingerprint density at radius 2 is 1.50 bits per heavy atom. The van der Waals surface area contributed by atoms with Gasteiger partial charge in [-0.05, 0) is 71.1 Å². The number of hydrogen-bond donors (Lipinski definition) is 1. The summed E-state index contributed by atoms with van der Waals surface area (Å²) in [4.78, 5) is 22.9. The zero-order chi connectivity index (χ0) is 15.9. The molecule has 0 fully saturated rings. The number of rotatable bonds is 4. The monoisotopic (exact) mass is 411 g/mol. The normalized spacial score (nSPS) is 9.91. The molecule has 0 aliphatic carbocycles. The van der Waals surface area contributed by atoms with Crippen molar-refractivity contribution in [1.82, 2.24) is 0 Å². The van der Waals surface area contributed by atoms with Gasteiger partial charge in [0.25, 0.3) is 0 Å². The molecule has 0 aliphatic heterocycles. The number of halogens is 1. The van der Waals surface area contributed by atoms with E-state index in [2.05, 4.69) is 27.9 Å². The average molecular weight is 411 g/mol. The highest BCUT2D eigenvalue weighted by Gasteiger charge is 2.06. The van der Waals surface area contributed by atoms with E-state index in [4.69, 9.17) is 9.47 Å². The molecule has 2 aromatic rings. The number of carbonyl (C=O) groups excluding carboxylic acids is 2. The third kappa shape index (κ3) is 5.03. The van der Waals surface area contributed by atoms with Crippen molar-refractivity contribution in [3.05, 3.63) is 52.1 Å². The third-order valence-electron chi connectivity index (χ3n) is 2.65. The van der Waals surface area contributed by atoms with Crippen LogP contribution in [0.25, 0.3) is 0 Å². The van der Waals surface area contributed by atoms with Crippen molar-refractivity contribution in [2.75, 3.05) is 5.32 Å². The second-order valence-electron chi connectivity index (χ2n) is 4.32. The van der Waals surface area contributed by atoms with Crippen LogP contribution in [0.4, 0.5) is 10.5 Å². The van der Waals surface area contributed by atoms with E-state index in [0.717, 1.165) is 3.57 Å². The molecule has 0 heterocycles. The Labute approximate surface area is 141 Å². The predicted molar refractivity (Wildman–Crippen MR) is 91.2 cm³/mol. The zero-order valence-corrected chi connectivity index (χ0v) is 14.0. The van der Waals surface area contributed by atoms with Crippen LogP contribution in [0.1, 0.15) is 13.3 Å². The molecular weight excluding hydrogens is 397 g/mol. The number of ether oxygens (including phenoxy) is 2. The zero-order valence-electron chi connectivity index (χ0n) is 11.8. The van der Waals surface area contributed by atoms with Gasteiger partial charge >= 0.3 is 12.1 Å². The quantitative estimate of drug-likeness (QED) is 0.465. The molecule has 0 spiro atoms. The Morgan fingerprint density at radius 1 is 0.955 bits per heavy atom. The van der Waals surface area contributed by atoms with Crippen LogP contribution in [0.2, 0.25) is 0 Å². The minimum absolute atomic E-state index is 0.307. The van der Waals surface area contributed by atoms with Gasteiger partial charge in [-0.15, -0.1) is 0 Å². The molecule has 114 valence electrons. The largest absolute Gasteiger partial charge is 0.427 e. The molecule has 0 radical (unpaired) electrons. The fraction of sp³-hybridized carbons (Fsp3) is 0.125. The standard InChI is InChI=1S/C16H14INO4/c1-2-15(19)21-13-9-5-12(6-10-13)18-16(20)22-14-7-3-11(17)4-8-14/h3-10H,2H2,1H3,(H,18,20). The number of nitrogens with one attached hydrogen (secondary N) is 1. The van der Waals surface area contributed by atoms with E-state index in [1.807, 2.05) is 12.1 Å². The first-order valence-electron chi connectivity index (χ1n) is 6.62. The Balaban J connectivity index is 1.91. The highest BCUT2D eigenvalue weighted by molar-refractivity contribution is 14.1. The van der Waals surface area contributed by atoms with Crippen molar-refractivity contribution in [3.8, 4) is 11.5 Å². The average Bonchev–Trinajstić information content (AvgIpc) is 2.51. The van der Waals surface area contributed by atoms with Crippen molar-refractivity contribution in [2.45, 2.75) is 13.3 Å². The van der Waals surface area contributed by atoms with Crippen LogP contribution in [-0.2, 0) is 4.79 Å². The molecule has 1 N–H and O–H groups in total. The Hall–Kier alpha value is -2.09. The van der Waals surface area contributed by atoms with Gasteiger partial charge in [-0.1, -0.05) is 6.92 Å². The first-order valence-corrected chi connectivity index (χ1v) is 7.70. The summed E-state index contributed by atoms with van der Waals surface area (Å²) in [7, 11) is 0. The number of carbonyl (C=O) groups is 2. The highest BCUT2D eigenvalue weighted by Crippen LogP contribution is 2.18. The molecule has 0 unspecified atom stereocenters. The molecule has 22 heavy (non-hydrogen) atoms. The van der Waals surface area contributed by atoms with Crippen LogP contribution in [0, 0.1) is 3.57 Å². The van der Waals surface area contributed by atoms with Crippen molar-refractivity contribution >= 4 is 40.3 Å². The Morgan fingerprint density at radius 3 is 2.09 bits per heavy atom. The molecular formula is C16H14INO4. The summed E-state index contributed by atoms with van der Waals surface area (Å²) < 4.78 is 11.3. The SMILES string of the molecule is CCC(=O)Oc1ccc(NC(=O)Oc2ccc(I)cc2)cc1. The van der Waals surface area contributed by atoms with E-state index in [0.29, 0.717) is 23.6 Å². The molecule has 1 amide bonds. The van der Waals surface area contributed by atoms with E-state index in [1.165, 1.54) is 0 Å². The molecule has 0 saturated carbocycles. The minimum atomic E-state index is -0.584. The summed E-state index contributed by atoms with van der Waals surface area (Å²) in [6.45, 7) is 1.72. The summed E-state index contributed by atoms with van der Waals surface area (Å²) in [5, 5.41) is 2.60. The lowest BCUT2D eigenvalue weighted by molar-refractivity contribution is -0.134. The van der Waals surface area contributed by atoms with Crippen LogP contribution >= 0.6 is 22.6 Å². The van der Waals surface area contributed by atoms with Crippen LogP contribution < -0.4 is 14.8 Å². The van der Waals surface area contributed by atoms with Gasteiger partial charge < -0.3 is 9.47 Å². The van der Waals surface area contributed by atoms with Crippen molar-refractivity contribution < 1.29 is 19.1 Å². The maximum Gasteiger partial charge on any atom is 0.417 e. The van der Waals surface area contributed by atoms with Gasteiger partial charge in [-0.25, -0.2) is 4.79 Å². The fourth-order valence-electron chi connectivity index (χ4n) is 1.56. The minimum Gasteiger partial charge on any atom is -0.427 e. The summed E-state index contributed by atoms with van der Waals surface area (Å²) in [6.07, 6.45) is -0.276. The van der Waals surface area contributed by atoms with Gasteiger partial charge in [0, 0.05) is 15.7 Å². The van der Waals surface area contributed by atoms with Crippen molar-refractivity contribution in [2.24, 2.45) is 0 Å². The number of amides is 1. The van der Waals surface area contributed by atoms with E-state index in [-0.39, 0.29) is 5.97 Å². The Bertz CT molecular complexity index is 653. The summed E-state index contributed by atoms with van der Waals surface area (Å²) >= 11 is 2.17. The van der Waals surface area contributed by atoms with Gasteiger partial charge in [0.1, 0.15) is 11.5 Å². The molecule has 5 nitrogen and oxygen atoms in total. The van der Waals surface area contributed by atoms with E-state index >= 15 is 0 Å². The van der Waals surface area contributed by atoms with Crippen molar-refractivity contribution in [3.63, 3.8) is 0 Å². The first-order chi connectivity index (χ1) is 10.6. The lowest BCUT2D eigenvalue weighted by atomic mass is 10.3. The van der Waals surface area contributed by atoms with E-state index in [9.17, 15) is 9.59 Å². The van der Waals surface area contributed by atoms with E-state index in [1.54, 1.807) is 43.3 Å². The molecule has 0 bridgehead atoms. The third-order valence-corrected chi connectivity index (χ3v) is 3.36. The van der Waals surface area contributed by atoms with Gasteiger partial charge in [0.15, 0.2) is 0 Å². The maximum atomic E-state index is 11.8. The van der Waals surface area contributed by atoms with Gasteiger partial charge in [-0.3, -0.25) is 10.1 Å². The molecule has 6 heteroatoms. The number of esters is 1. The van der Waals surface area contributed by atoms with Crippen LogP contribution in [0.5, 0.6) is 11.5 Å². The number of anilines is 1. The van der Waals surface area contributed by atoms with Crippen LogP contribution in [0.3, 0.4) is 0 Å². The molecule has 2 rings (SSSR count). The summed E-state index contributed by atoms with van der Waals surface area (Å²) in [5.74, 6) is 0.591. The van der Waals surface area contributed by atoms with Gasteiger partial charge in [0.2, 0.25) is 0 Å². The van der Waals surface area contributed by atoms with E-state index < -0.39 is 6.09 Å². The second-order valence-corrected chi connectivity index (χ2v) is 5.57.